The summed E-state index contributed by atoms with van der Waals surface area (Å²) in [6.45, 7) is 4.08. The monoisotopic (exact) mass is 600 g/mol. The lowest BCUT2D eigenvalue weighted by atomic mass is 9.90. The molecule has 2 amide bonds. The second kappa shape index (κ2) is 13.5. The van der Waals surface area contributed by atoms with Crippen LogP contribution < -0.4 is 5.32 Å². The van der Waals surface area contributed by atoms with Crippen molar-refractivity contribution >= 4 is 23.8 Å². The minimum atomic E-state index is -5.08. The Kier molecular flexibility index (Phi) is 11.1. The van der Waals surface area contributed by atoms with Gasteiger partial charge in [0.15, 0.2) is 0 Å². The van der Waals surface area contributed by atoms with Gasteiger partial charge in [0.25, 0.3) is 5.91 Å². The van der Waals surface area contributed by atoms with E-state index in [-0.39, 0.29) is 23.5 Å². The number of likely N-dealkylation sites (tertiary alicyclic amines) is 1. The molecule has 2 aliphatic heterocycles. The first-order valence-corrected chi connectivity index (χ1v) is 12.3. The largest absolute Gasteiger partial charge is 0.490 e. The van der Waals surface area contributed by atoms with Crippen molar-refractivity contribution in [2.24, 2.45) is 0 Å². The molecule has 3 heterocycles. The highest BCUT2D eigenvalue weighted by atomic mass is 19.4. The number of aromatic nitrogens is 1. The first-order chi connectivity index (χ1) is 18.8. The van der Waals surface area contributed by atoms with Gasteiger partial charge in [0.1, 0.15) is 11.6 Å². The number of rotatable bonds is 3. The van der Waals surface area contributed by atoms with Crippen LogP contribution in [0.15, 0.2) is 18.5 Å². The number of nitrogens with zero attached hydrogens (tertiary/aromatic N) is 3. The lowest BCUT2D eigenvalue weighted by molar-refractivity contribution is -0.193. The van der Waals surface area contributed by atoms with Gasteiger partial charge in [-0.15, -0.1) is 0 Å². The normalized spacial score (nSPS) is 20.6. The van der Waals surface area contributed by atoms with Gasteiger partial charge in [0.2, 0.25) is 5.91 Å². The standard InChI is InChI=1S/C20H28N4O3.2C2HF3O2/c1-14-7-15(9-21-8-14)19(26)24-12-20(13-24)11-23(2)17(10-27-20)18(25)22-16-5-3-4-6-16;2*3-2(4,5)1(6)7/h7-9,16-17H,3-6,10-13H2,1-2H3,(H,22,25);2*(H,6,7). The number of carbonyl (C=O) groups excluding carboxylic acids is 2. The van der Waals surface area contributed by atoms with Gasteiger partial charge in [0.05, 0.1) is 25.3 Å². The second-order valence-electron chi connectivity index (χ2n) is 9.93. The summed E-state index contributed by atoms with van der Waals surface area (Å²) in [6.07, 6.45) is -2.26. The Balaban J connectivity index is 0.000000349. The van der Waals surface area contributed by atoms with Crippen molar-refractivity contribution in [3.63, 3.8) is 0 Å². The van der Waals surface area contributed by atoms with Crippen molar-refractivity contribution in [1.29, 1.82) is 0 Å². The molecule has 1 saturated carbocycles. The molecule has 3 fully saturated rings. The minimum Gasteiger partial charge on any atom is -0.475 e. The van der Waals surface area contributed by atoms with E-state index in [1.807, 2.05) is 20.0 Å². The Morgan fingerprint density at radius 2 is 1.49 bits per heavy atom. The van der Waals surface area contributed by atoms with E-state index in [1.54, 1.807) is 17.3 Å². The summed E-state index contributed by atoms with van der Waals surface area (Å²) in [5.41, 5.74) is 1.23. The number of likely N-dealkylation sites (N-methyl/N-ethyl adjacent to an activating group) is 1. The number of aryl methyl sites for hydroxylation is 1. The second-order valence-corrected chi connectivity index (χ2v) is 9.93. The van der Waals surface area contributed by atoms with Crippen LogP contribution in [0.25, 0.3) is 0 Å². The van der Waals surface area contributed by atoms with Gasteiger partial charge < -0.3 is 25.2 Å². The molecule has 3 aliphatic rings. The van der Waals surface area contributed by atoms with Crippen LogP contribution in [0, 0.1) is 6.92 Å². The van der Waals surface area contributed by atoms with Crippen LogP contribution in [0.2, 0.25) is 0 Å². The molecule has 1 aliphatic carbocycles. The average Bonchev–Trinajstić information content (AvgIpc) is 3.34. The third kappa shape index (κ3) is 9.84. The van der Waals surface area contributed by atoms with Gasteiger partial charge in [-0.05, 0) is 38.4 Å². The zero-order valence-electron chi connectivity index (χ0n) is 22.1. The summed E-state index contributed by atoms with van der Waals surface area (Å²) in [4.78, 5) is 50.9. The van der Waals surface area contributed by atoms with Gasteiger partial charge in [-0.1, -0.05) is 12.8 Å². The molecule has 17 heteroatoms. The van der Waals surface area contributed by atoms with Crippen molar-refractivity contribution in [2.75, 3.05) is 33.3 Å². The van der Waals surface area contributed by atoms with Gasteiger partial charge >= 0.3 is 24.3 Å². The number of amides is 2. The zero-order valence-corrected chi connectivity index (χ0v) is 22.1. The Bertz CT molecular complexity index is 1080. The number of alkyl halides is 6. The average molecular weight is 601 g/mol. The number of carbonyl (C=O) groups is 4. The predicted molar refractivity (Wildman–Crippen MR) is 128 cm³/mol. The molecular weight excluding hydrogens is 570 g/mol. The molecule has 11 nitrogen and oxygen atoms in total. The van der Waals surface area contributed by atoms with Crippen LogP contribution in [-0.2, 0) is 19.1 Å². The Labute approximate surface area is 230 Å². The molecule has 1 aromatic heterocycles. The van der Waals surface area contributed by atoms with Gasteiger partial charge in [-0.25, -0.2) is 9.59 Å². The van der Waals surface area contributed by atoms with Crippen LogP contribution >= 0.6 is 0 Å². The number of carboxylic acid groups (broad SMARTS) is 2. The van der Waals surface area contributed by atoms with Crippen LogP contribution in [0.3, 0.4) is 0 Å². The van der Waals surface area contributed by atoms with Gasteiger partial charge in [-0.2, -0.15) is 26.3 Å². The Morgan fingerprint density at radius 1 is 0.976 bits per heavy atom. The summed E-state index contributed by atoms with van der Waals surface area (Å²) in [5, 5.41) is 17.4. The maximum atomic E-state index is 12.6. The minimum absolute atomic E-state index is 0.0100. The van der Waals surface area contributed by atoms with Crippen LogP contribution in [0.1, 0.15) is 41.6 Å². The van der Waals surface area contributed by atoms with E-state index >= 15 is 0 Å². The topological polar surface area (TPSA) is 149 Å². The number of pyridine rings is 1. The Morgan fingerprint density at radius 3 is 1.93 bits per heavy atom. The van der Waals surface area contributed by atoms with Crippen molar-refractivity contribution in [1.82, 2.24) is 20.1 Å². The molecule has 0 bridgehead atoms. The molecule has 1 unspecified atom stereocenters. The van der Waals surface area contributed by atoms with Gasteiger partial charge in [0, 0.05) is 25.0 Å². The maximum Gasteiger partial charge on any atom is 0.490 e. The zero-order chi connectivity index (χ0) is 31.2. The van der Waals surface area contributed by atoms with Crippen molar-refractivity contribution in [3.05, 3.63) is 29.6 Å². The first-order valence-electron chi connectivity index (χ1n) is 12.3. The molecule has 4 rings (SSSR count). The number of aliphatic carboxylic acids is 2. The summed E-state index contributed by atoms with van der Waals surface area (Å²) in [5.74, 6) is -5.46. The third-order valence-electron chi connectivity index (χ3n) is 6.47. The maximum absolute atomic E-state index is 12.6. The van der Waals surface area contributed by atoms with Crippen LogP contribution in [0.5, 0.6) is 0 Å². The lowest BCUT2D eigenvalue weighted by Gasteiger charge is -2.54. The fraction of sp³-hybridized carbons (Fsp3) is 0.625. The van der Waals surface area contributed by atoms with E-state index in [1.165, 1.54) is 12.8 Å². The molecule has 230 valence electrons. The fourth-order valence-corrected chi connectivity index (χ4v) is 4.48. The number of carboxylic acids is 2. The number of hydrogen-bond donors (Lipinski definition) is 3. The highest BCUT2D eigenvalue weighted by molar-refractivity contribution is 5.94. The van der Waals surface area contributed by atoms with E-state index in [0.717, 1.165) is 18.4 Å². The lowest BCUT2D eigenvalue weighted by Crippen LogP contribution is -2.73. The SMILES string of the molecule is Cc1cncc(C(=O)N2CC3(C2)CN(C)C(C(=O)NC2CCCC2)CO3)c1.O=C(O)C(F)(F)F.O=C(O)C(F)(F)F. The highest BCUT2D eigenvalue weighted by Gasteiger charge is 2.51. The highest BCUT2D eigenvalue weighted by Crippen LogP contribution is 2.32. The number of halogens is 6. The van der Waals surface area contributed by atoms with Crippen molar-refractivity contribution in [3.8, 4) is 0 Å². The van der Waals surface area contributed by atoms with E-state index in [0.29, 0.717) is 37.8 Å². The first kappa shape index (κ1) is 33.7. The number of nitrogens with one attached hydrogen (secondary N) is 1. The van der Waals surface area contributed by atoms with E-state index in [9.17, 15) is 35.9 Å². The predicted octanol–water partition coefficient (Wildman–Crippen LogP) is 2.24. The van der Waals surface area contributed by atoms with Crippen molar-refractivity contribution in [2.45, 2.75) is 62.6 Å². The summed E-state index contributed by atoms with van der Waals surface area (Å²) in [6, 6.07) is 1.93. The smallest absolute Gasteiger partial charge is 0.475 e. The quantitative estimate of drug-likeness (QED) is 0.444. The molecule has 0 aromatic carbocycles. The number of morpholine rings is 1. The molecule has 1 aromatic rings. The van der Waals surface area contributed by atoms with Crippen molar-refractivity contribution < 1.29 is 60.5 Å². The van der Waals surface area contributed by atoms with E-state index < -0.39 is 24.3 Å². The Hall–Kier alpha value is -3.47. The molecule has 1 spiro atoms. The van der Waals surface area contributed by atoms with Gasteiger partial charge in [-0.3, -0.25) is 19.5 Å². The molecular formula is C24H30F6N4O7. The van der Waals surface area contributed by atoms with E-state index in [4.69, 9.17) is 24.5 Å². The molecule has 3 N–H and O–H groups in total. The number of hydrogen-bond acceptors (Lipinski definition) is 7. The third-order valence-corrected chi connectivity index (χ3v) is 6.47. The molecule has 2 saturated heterocycles. The molecule has 0 radical (unpaired) electrons. The fourth-order valence-electron chi connectivity index (χ4n) is 4.48. The van der Waals surface area contributed by atoms with E-state index in [2.05, 4.69) is 15.2 Å². The molecule has 41 heavy (non-hydrogen) atoms. The summed E-state index contributed by atoms with van der Waals surface area (Å²) < 4.78 is 69.6. The van der Waals surface area contributed by atoms with Crippen LogP contribution in [0.4, 0.5) is 26.3 Å². The summed E-state index contributed by atoms with van der Waals surface area (Å²) >= 11 is 0. The molecule has 1 atom stereocenters. The van der Waals surface area contributed by atoms with Crippen LogP contribution in [-0.4, -0.2) is 112 Å². The number of ether oxygens (including phenoxy) is 1. The summed E-state index contributed by atoms with van der Waals surface area (Å²) in [7, 11) is 1.97.